The average Bonchev–Trinajstić information content (AvgIpc) is 3.54. The van der Waals surface area contributed by atoms with Crippen LogP contribution in [0, 0.1) is 40.5 Å². The number of aromatic nitrogens is 1. The van der Waals surface area contributed by atoms with Crippen molar-refractivity contribution in [3.05, 3.63) is 74.6 Å². The van der Waals surface area contributed by atoms with Crippen molar-refractivity contribution in [3.63, 3.8) is 0 Å². The third kappa shape index (κ3) is 2.67. The molecule has 7 atom stereocenters. The van der Waals surface area contributed by atoms with Crippen LogP contribution in [0.4, 0.5) is 5.69 Å². The Morgan fingerprint density at radius 1 is 0.970 bits per heavy atom. The van der Waals surface area contributed by atoms with Gasteiger partial charge in [-0.15, -0.1) is 23.1 Å². The fourth-order valence-corrected chi connectivity index (χ4v) is 10.5. The van der Waals surface area contributed by atoms with E-state index in [1.54, 1.807) is 11.3 Å². The smallest absolute Gasteiger partial charge is 0.238 e. The molecule has 2 aliphatic heterocycles. The largest absolute Gasteiger partial charge is 0.332 e. The van der Waals surface area contributed by atoms with Gasteiger partial charge < -0.3 is 4.98 Å². The number of fused-ring (bicyclic) bond motifs is 9. The molecular weight excluding hydrogens is 468 g/mol. The van der Waals surface area contributed by atoms with Crippen molar-refractivity contribution in [3.8, 4) is 0 Å². The summed E-state index contributed by atoms with van der Waals surface area (Å²) in [5.74, 6) is 0.598. The van der Waals surface area contributed by atoms with Gasteiger partial charge in [-0.05, 0) is 66.6 Å². The summed E-state index contributed by atoms with van der Waals surface area (Å²) in [6.45, 7) is 2.18. The minimum absolute atomic E-state index is 0.000699. The number of anilines is 1. The number of nitrogens with one attached hydrogen (secondary N) is 1. The van der Waals surface area contributed by atoms with Crippen LogP contribution in [0.2, 0.25) is 0 Å². The van der Waals surface area contributed by atoms with Crippen LogP contribution in [0.5, 0.6) is 0 Å². The lowest BCUT2D eigenvalue weighted by Gasteiger charge is -2.43. The van der Waals surface area contributed by atoms with E-state index in [4.69, 9.17) is 12.2 Å². The Morgan fingerprint density at radius 3 is 2.42 bits per heavy atom. The third-order valence-electron chi connectivity index (χ3n) is 8.26. The lowest BCUT2D eigenvalue weighted by atomic mass is 9.67. The predicted octanol–water partition coefficient (Wildman–Crippen LogP) is 5.79. The van der Waals surface area contributed by atoms with Gasteiger partial charge in [-0.25, -0.2) is 0 Å². The number of hydrogen-bond acceptors (Lipinski definition) is 5. The van der Waals surface area contributed by atoms with E-state index in [2.05, 4.69) is 36.2 Å². The van der Waals surface area contributed by atoms with Crippen molar-refractivity contribution in [1.29, 1.82) is 0 Å². The van der Waals surface area contributed by atoms with Gasteiger partial charge >= 0.3 is 0 Å². The van der Waals surface area contributed by atoms with Crippen LogP contribution in [-0.4, -0.2) is 22.0 Å². The molecule has 3 fully saturated rings. The Kier molecular flexibility index (Phi) is 4.37. The number of H-pyrrole nitrogens is 1. The summed E-state index contributed by atoms with van der Waals surface area (Å²) in [7, 11) is 0. The number of rotatable bonds is 2. The molecule has 7 unspecified atom stereocenters. The lowest BCUT2D eigenvalue weighted by molar-refractivity contribution is -0.123. The maximum Gasteiger partial charge on any atom is 0.238 e. The van der Waals surface area contributed by atoms with E-state index >= 15 is 0 Å². The zero-order valence-corrected chi connectivity index (χ0v) is 20.4. The van der Waals surface area contributed by atoms with Crippen LogP contribution < -0.4 is 4.90 Å². The molecule has 4 aliphatic rings. The highest BCUT2D eigenvalue weighted by atomic mass is 32.2. The van der Waals surface area contributed by atoms with E-state index in [0.29, 0.717) is 16.9 Å². The Morgan fingerprint density at radius 2 is 1.67 bits per heavy atom. The molecule has 3 heterocycles. The van der Waals surface area contributed by atoms with E-state index in [-0.39, 0.29) is 41.4 Å². The van der Waals surface area contributed by atoms with Crippen LogP contribution in [0.3, 0.4) is 0 Å². The van der Waals surface area contributed by atoms with Gasteiger partial charge in [0.25, 0.3) is 0 Å². The second-order valence-electron chi connectivity index (χ2n) is 9.66. The molecule has 33 heavy (non-hydrogen) atoms. The fraction of sp³-hybridized carbons (Fsp3) is 0.346. The van der Waals surface area contributed by atoms with Crippen molar-refractivity contribution < 1.29 is 9.59 Å². The van der Waals surface area contributed by atoms with Gasteiger partial charge in [-0.3, -0.25) is 14.5 Å². The van der Waals surface area contributed by atoms with Crippen molar-refractivity contribution in [2.75, 3.05) is 4.90 Å². The zero-order chi connectivity index (χ0) is 22.4. The van der Waals surface area contributed by atoms with Crippen LogP contribution >= 0.6 is 35.3 Å². The van der Waals surface area contributed by atoms with Gasteiger partial charge in [-0.1, -0.05) is 42.5 Å². The molecule has 1 saturated heterocycles. The minimum Gasteiger partial charge on any atom is -0.332 e. The van der Waals surface area contributed by atoms with Crippen LogP contribution in [0.1, 0.15) is 28.3 Å². The zero-order valence-electron chi connectivity index (χ0n) is 17.9. The summed E-state index contributed by atoms with van der Waals surface area (Å²) < 4.78 is 0.806. The summed E-state index contributed by atoms with van der Waals surface area (Å²) >= 11 is 9.09. The quantitative estimate of drug-likeness (QED) is 0.365. The van der Waals surface area contributed by atoms with Gasteiger partial charge in [0.1, 0.15) is 0 Å². The standard InChI is InChI=1S/C26H22N2O2S3/c1-12-7-5-6-10-14(12)17-18-15-11-16(21(18)32-23-22(17)33-26(31)27-23)20-19(15)24(29)28(25(20)30)13-8-3-2-4-9-13/h2-10,15-21H,11H2,1H3,(H,27,31). The number of thioether (sulfide) groups is 1. The highest BCUT2D eigenvalue weighted by molar-refractivity contribution is 8.00. The third-order valence-corrected chi connectivity index (χ3v) is 11.2. The molecular formula is C26H22N2O2S3. The van der Waals surface area contributed by atoms with Gasteiger partial charge in [0.2, 0.25) is 11.8 Å². The summed E-state index contributed by atoms with van der Waals surface area (Å²) in [5.41, 5.74) is 3.31. The maximum absolute atomic E-state index is 13.7. The van der Waals surface area contributed by atoms with Gasteiger partial charge in [0.15, 0.2) is 3.95 Å². The first-order chi connectivity index (χ1) is 16.0. The molecule has 3 aromatic rings. The SMILES string of the molecule is Cc1ccccc1C1c2sc(=S)[nH]c2SC2C3CC(C4C(=O)N(c5ccccc5)C(=O)C34)C12. The Hall–Kier alpha value is -2.22. The first-order valence-corrected chi connectivity index (χ1v) is 13.5. The number of thiazole rings is 1. The van der Waals surface area contributed by atoms with Crippen molar-refractivity contribution in [2.24, 2.45) is 29.6 Å². The Labute approximate surface area is 205 Å². The Bertz CT molecular complexity index is 1360. The van der Waals surface area contributed by atoms with Crippen LogP contribution in [-0.2, 0) is 9.59 Å². The monoisotopic (exact) mass is 490 g/mol. The highest BCUT2D eigenvalue weighted by Gasteiger charge is 2.69. The molecule has 7 heteroatoms. The second-order valence-corrected chi connectivity index (χ2v) is 12.6. The van der Waals surface area contributed by atoms with Crippen molar-refractivity contribution in [2.45, 2.75) is 29.5 Å². The lowest BCUT2D eigenvalue weighted by Crippen LogP contribution is -2.42. The van der Waals surface area contributed by atoms with Crippen LogP contribution in [0.25, 0.3) is 0 Å². The molecule has 0 radical (unpaired) electrons. The summed E-state index contributed by atoms with van der Waals surface area (Å²) in [6, 6.07) is 18.0. The number of nitrogens with zero attached hydrogens (tertiary/aromatic N) is 1. The van der Waals surface area contributed by atoms with Crippen molar-refractivity contribution in [1.82, 2.24) is 4.98 Å². The normalized spacial score (nSPS) is 33.8. The van der Waals surface area contributed by atoms with Gasteiger partial charge in [-0.2, -0.15) is 0 Å². The molecule has 2 bridgehead atoms. The number of carbonyl (C=O) groups excluding carboxylic acids is 2. The molecule has 2 aromatic carbocycles. The summed E-state index contributed by atoms with van der Waals surface area (Å²) in [5, 5.41) is 1.49. The molecule has 1 N–H and O–H groups in total. The number of aryl methyl sites for hydroxylation is 1. The number of para-hydroxylation sites is 1. The molecule has 2 amide bonds. The number of carbonyl (C=O) groups is 2. The summed E-state index contributed by atoms with van der Waals surface area (Å²) in [6.07, 6.45) is 0.968. The highest BCUT2D eigenvalue weighted by Crippen LogP contribution is 2.69. The fourth-order valence-electron chi connectivity index (χ4n) is 7.13. The van der Waals surface area contributed by atoms with Crippen molar-refractivity contribution >= 4 is 52.8 Å². The van der Waals surface area contributed by atoms with Gasteiger partial charge in [0.05, 0.1) is 22.5 Å². The van der Waals surface area contributed by atoms with Gasteiger partial charge in [0, 0.05) is 16.0 Å². The summed E-state index contributed by atoms with van der Waals surface area (Å²) in [4.78, 5) is 33.5. The van der Waals surface area contributed by atoms with E-state index in [1.165, 1.54) is 25.9 Å². The first-order valence-electron chi connectivity index (χ1n) is 11.4. The molecule has 2 aliphatic carbocycles. The molecule has 0 spiro atoms. The topological polar surface area (TPSA) is 53.2 Å². The average molecular weight is 491 g/mol. The second kappa shape index (κ2) is 7.14. The van der Waals surface area contributed by atoms with E-state index < -0.39 is 0 Å². The van der Waals surface area contributed by atoms with E-state index in [1.807, 2.05) is 42.1 Å². The molecule has 166 valence electrons. The predicted molar refractivity (Wildman–Crippen MR) is 133 cm³/mol. The van der Waals surface area contributed by atoms with Crippen LogP contribution in [0.15, 0.2) is 59.6 Å². The number of imide groups is 1. The molecule has 7 rings (SSSR count). The number of hydrogen-bond donors (Lipinski definition) is 1. The Balaban J connectivity index is 1.36. The first kappa shape index (κ1) is 20.2. The number of aromatic amines is 1. The molecule has 2 saturated carbocycles. The van der Waals surface area contributed by atoms with E-state index in [9.17, 15) is 9.59 Å². The van der Waals surface area contributed by atoms with E-state index in [0.717, 1.165) is 10.4 Å². The number of benzene rings is 2. The minimum atomic E-state index is -0.204. The molecule has 4 nitrogen and oxygen atoms in total. The maximum atomic E-state index is 13.7. The molecule has 1 aromatic heterocycles. The number of amides is 2.